The number of carbonyl (C=O) groups is 1. The number of halogens is 3. The molecule has 0 aliphatic carbocycles. The summed E-state index contributed by atoms with van der Waals surface area (Å²) in [6.45, 7) is 2.21. The number of amides is 1. The lowest BCUT2D eigenvalue weighted by molar-refractivity contribution is -0.137. The molecule has 1 amide bonds. The second kappa shape index (κ2) is 6.68. The first-order valence-electron chi connectivity index (χ1n) is 9.09. The fourth-order valence-corrected chi connectivity index (χ4v) is 4.24. The highest BCUT2D eigenvalue weighted by Gasteiger charge is 2.45. The number of carbonyl (C=O) groups excluding carboxylic acids is 1. The van der Waals surface area contributed by atoms with Crippen molar-refractivity contribution in [2.45, 2.75) is 32.1 Å². The first kappa shape index (κ1) is 18.0. The van der Waals surface area contributed by atoms with E-state index in [9.17, 15) is 18.0 Å². The monoisotopic (exact) mass is 374 g/mol. The summed E-state index contributed by atoms with van der Waals surface area (Å²) in [5.41, 5.74) is 1.80. The molecule has 27 heavy (non-hydrogen) atoms. The van der Waals surface area contributed by atoms with Crippen molar-refractivity contribution in [3.63, 3.8) is 0 Å². The fraction of sp³-hybridized carbons (Fsp3) is 0.381. The van der Waals surface area contributed by atoms with Crippen LogP contribution in [0.5, 0.6) is 0 Å². The van der Waals surface area contributed by atoms with E-state index in [4.69, 9.17) is 0 Å². The molecule has 2 heterocycles. The molecule has 2 aliphatic heterocycles. The molecule has 2 aliphatic rings. The van der Waals surface area contributed by atoms with Gasteiger partial charge in [0.05, 0.1) is 11.0 Å². The van der Waals surface area contributed by atoms with Gasteiger partial charge in [-0.05, 0) is 42.1 Å². The van der Waals surface area contributed by atoms with E-state index >= 15 is 0 Å². The minimum atomic E-state index is -4.34. The van der Waals surface area contributed by atoms with Gasteiger partial charge in [0.15, 0.2) is 0 Å². The van der Waals surface area contributed by atoms with Crippen molar-refractivity contribution in [2.24, 2.45) is 5.41 Å². The van der Waals surface area contributed by atoms with Gasteiger partial charge in [0, 0.05) is 19.6 Å². The summed E-state index contributed by atoms with van der Waals surface area (Å²) in [4.78, 5) is 14.9. The lowest BCUT2D eigenvalue weighted by Gasteiger charge is -2.26. The van der Waals surface area contributed by atoms with Crippen LogP contribution in [0.3, 0.4) is 0 Å². The number of rotatable bonds is 2. The molecular weight excluding hydrogens is 353 g/mol. The minimum Gasteiger partial charge on any atom is -0.351 e. The van der Waals surface area contributed by atoms with Crippen molar-refractivity contribution in [3.05, 3.63) is 70.8 Å². The molecule has 0 bridgehead atoms. The second-order valence-corrected chi connectivity index (χ2v) is 7.57. The van der Waals surface area contributed by atoms with Crippen LogP contribution in [0.25, 0.3) is 0 Å². The average Bonchev–Trinajstić information content (AvgIpc) is 2.97. The molecule has 1 fully saturated rings. The van der Waals surface area contributed by atoms with Crippen molar-refractivity contribution in [1.29, 1.82) is 0 Å². The van der Waals surface area contributed by atoms with Crippen molar-refractivity contribution in [2.75, 3.05) is 13.1 Å². The number of hydrogen-bond acceptors (Lipinski definition) is 2. The normalized spacial score (nSPS) is 23.1. The minimum absolute atomic E-state index is 0.0465. The average molecular weight is 374 g/mol. The zero-order valence-electron chi connectivity index (χ0n) is 14.9. The van der Waals surface area contributed by atoms with Crippen molar-refractivity contribution < 1.29 is 18.0 Å². The van der Waals surface area contributed by atoms with E-state index in [2.05, 4.69) is 16.3 Å². The van der Waals surface area contributed by atoms with Gasteiger partial charge in [-0.3, -0.25) is 9.69 Å². The topological polar surface area (TPSA) is 32.3 Å². The standard InChI is InChI=1S/C21H21F3N2O/c22-21(23,24)18-7-3-4-15(10-18)13-26-9-8-20(14-26)11-16-5-1-2-6-17(16)12-25-19(20)27/h1-7,10H,8-9,11-14H2,(H,25,27). The van der Waals surface area contributed by atoms with Crippen molar-refractivity contribution >= 4 is 5.91 Å². The number of alkyl halides is 3. The Bertz CT molecular complexity index is 865. The van der Waals surface area contributed by atoms with Crippen LogP contribution in [0.2, 0.25) is 0 Å². The molecule has 1 spiro atoms. The SMILES string of the molecule is O=C1NCc2ccccc2CC12CCN(Cc1cccc(C(F)(F)F)c1)C2. The maximum atomic E-state index is 12.9. The molecule has 1 atom stereocenters. The zero-order valence-corrected chi connectivity index (χ0v) is 14.9. The number of nitrogens with zero attached hydrogens (tertiary/aromatic N) is 1. The third-order valence-electron chi connectivity index (χ3n) is 5.66. The molecule has 2 aromatic rings. The molecular formula is C21H21F3N2O. The Morgan fingerprint density at radius 2 is 1.85 bits per heavy atom. The van der Waals surface area contributed by atoms with E-state index in [1.54, 1.807) is 6.07 Å². The smallest absolute Gasteiger partial charge is 0.351 e. The van der Waals surface area contributed by atoms with Crippen LogP contribution in [0.4, 0.5) is 13.2 Å². The Kier molecular flexibility index (Phi) is 4.46. The van der Waals surface area contributed by atoms with Gasteiger partial charge >= 0.3 is 6.18 Å². The lowest BCUT2D eigenvalue weighted by Crippen LogP contribution is -2.42. The largest absolute Gasteiger partial charge is 0.416 e. The molecule has 0 radical (unpaired) electrons. The number of fused-ring (bicyclic) bond motifs is 1. The number of nitrogens with one attached hydrogen (secondary N) is 1. The van der Waals surface area contributed by atoms with Gasteiger partial charge in [0.2, 0.25) is 5.91 Å². The van der Waals surface area contributed by atoms with E-state index in [0.717, 1.165) is 11.6 Å². The van der Waals surface area contributed by atoms with Crippen LogP contribution < -0.4 is 5.32 Å². The van der Waals surface area contributed by atoms with Gasteiger partial charge < -0.3 is 5.32 Å². The predicted octanol–water partition coefficient (Wildman–Crippen LogP) is 3.77. The lowest BCUT2D eigenvalue weighted by atomic mass is 9.80. The van der Waals surface area contributed by atoms with Crippen LogP contribution in [0.1, 0.15) is 28.7 Å². The summed E-state index contributed by atoms with van der Waals surface area (Å²) >= 11 is 0. The van der Waals surface area contributed by atoms with E-state index in [1.807, 2.05) is 18.2 Å². The highest BCUT2D eigenvalue weighted by molar-refractivity contribution is 5.84. The molecule has 1 N–H and O–H groups in total. The molecule has 0 saturated carbocycles. The van der Waals surface area contributed by atoms with Gasteiger partial charge in [-0.1, -0.05) is 42.5 Å². The Morgan fingerprint density at radius 3 is 2.63 bits per heavy atom. The maximum absolute atomic E-state index is 12.9. The predicted molar refractivity (Wildman–Crippen MR) is 95.8 cm³/mol. The highest BCUT2D eigenvalue weighted by Crippen LogP contribution is 2.38. The Morgan fingerprint density at radius 1 is 1.07 bits per heavy atom. The van der Waals surface area contributed by atoms with E-state index < -0.39 is 17.2 Å². The molecule has 1 unspecified atom stereocenters. The molecule has 0 aromatic heterocycles. The third-order valence-corrected chi connectivity index (χ3v) is 5.66. The van der Waals surface area contributed by atoms with Crippen LogP contribution in [0, 0.1) is 5.41 Å². The van der Waals surface area contributed by atoms with Crippen LogP contribution in [0.15, 0.2) is 48.5 Å². The van der Waals surface area contributed by atoms with E-state index in [0.29, 0.717) is 44.6 Å². The number of likely N-dealkylation sites (tertiary alicyclic amines) is 1. The highest BCUT2D eigenvalue weighted by atomic mass is 19.4. The molecule has 4 rings (SSSR count). The van der Waals surface area contributed by atoms with Crippen LogP contribution in [-0.2, 0) is 30.5 Å². The second-order valence-electron chi connectivity index (χ2n) is 7.57. The quantitative estimate of drug-likeness (QED) is 0.868. The zero-order chi connectivity index (χ0) is 19.1. The molecule has 142 valence electrons. The summed E-state index contributed by atoms with van der Waals surface area (Å²) < 4.78 is 38.8. The third kappa shape index (κ3) is 3.58. The summed E-state index contributed by atoms with van der Waals surface area (Å²) in [5.74, 6) is 0.0465. The van der Waals surface area contributed by atoms with Gasteiger partial charge in [-0.15, -0.1) is 0 Å². The fourth-order valence-electron chi connectivity index (χ4n) is 4.24. The summed E-state index contributed by atoms with van der Waals surface area (Å²) in [6, 6.07) is 13.5. The van der Waals surface area contributed by atoms with Crippen molar-refractivity contribution in [1.82, 2.24) is 10.2 Å². The van der Waals surface area contributed by atoms with Gasteiger partial charge in [0.25, 0.3) is 0 Å². The first-order chi connectivity index (χ1) is 12.9. The van der Waals surface area contributed by atoms with Crippen LogP contribution in [-0.4, -0.2) is 23.9 Å². The van der Waals surface area contributed by atoms with Gasteiger partial charge in [-0.25, -0.2) is 0 Å². The van der Waals surface area contributed by atoms with Gasteiger partial charge in [-0.2, -0.15) is 13.2 Å². The Hall–Kier alpha value is -2.34. The van der Waals surface area contributed by atoms with E-state index in [1.165, 1.54) is 17.7 Å². The summed E-state index contributed by atoms with van der Waals surface area (Å²) in [5, 5.41) is 3.03. The molecule has 1 saturated heterocycles. The number of hydrogen-bond donors (Lipinski definition) is 1. The van der Waals surface area contributed by atoms with E-state index in [-0.39, 0.29) is 5.91 Å². The molecule has 6 heteroatoms. The van der Waals surface area contributed by atoms with Gasteiger partial charge in [0.1, 0.15) is 0 Å². The summed E-state index contributed by atoms with van der Waals surface area (Å²) in [7, 11) is 0. The molecule has 2 aromatic carbocycles. The van der Waals surface area contributed by atoms with Crippen LogP contribution >= 0.6 is 0 Å². The van der Waals surface area contributed by atoms with Crippen molar-refractivity contribution in [3.8, 4) is 0 Å². The summed E-state index contributed by atoms with van der Waals surface area (Å²) in [6.07, 6.45) is -2.95. The molecule has 3 nitrogen and oxygen atoms in total. The Labute approximate surface area is 156 Å². The maximum Gasteiger partial charge on any atom is 0.416 e. The Balaban J connectivity index is 1.52. The first-order valence-corrected chi connectivity index (χ1v) is 9.09. The number of benzene rings is 2.